The van der Waals surface area contributed by atoms with Gasteiger partial charge in [0, 0.05) is 11.8 Å². The normalized spacial score (nSPS) is 11.3. The second kappa shape index (κ2) is 6.90. The fourth-order valence-electron chi connectivity index (χ4n) is 2.10. The zero-order valence-corrected chi connectivity index (χ0v) is 12.9. The highest BCUT2D eigenvalue weighted by Crippen LogP contribution is 2.35. The van der Waals surface area contributed by atoms with Crippen LogP contribution in [0.3, 0.4) is 0 Å². The van der Waals surface area contributed by atoms with Crippen LogP contribution in [0.25, 0.3) is 0 Å². The second-order valence-electron chi connectivity index (χ2n) is 5.09. The van der Waals surface area contributed by atoms with Gasteiger partial charge < -0.3 is 10.6 Å². The van der Waals surface area contributed by atoms with E-state index in [0.29, 0.717) is 0 Å². The van der Waals surface area contributed by atoms with Crippen molar-refractivity contribution in [3.8, 4) is 0 Å². The summed E-state index contributed by atoms with van der Waals surface area (Å²) in [7, 11) is 0. The zero-order chi connectivity index (χ0) is 18.7. The van der Waals surface area contributed by atoms with E-state index in [1.807, 2.05) is 0 Å². The van der Waals surface area contributed by atoms with Crippen LogP contribution >= 0.6 is 0 Å². The van der Waals surface area contributed by atoms with E-state index in [1.54, 1.807) is 0 Å². The van der Waals surface area contributed by atoms with Gasteiger partial charge in [-0.05, 0) is 24.3 Å². The van der Waals surface area contributed by atoms with Crippen LogP contribution in [0.1, 0.15) is 5.56 Å². The molecule has 0 saturated heterocycles. The Bertz CT molecular complexity index is 929. The highest BCUT2D eigenvalue weighted by Gasteiger charge is 2.33. The van der Waals surface area contributed by atoms with Crippen LogP contribution in [0.5, 0.6) is 0 Å². The SMILES string of the molecule is Fc1ccc(Nc2nncc(Nc3ccccc3C(F)(F)F)n2)cc1F. The summed E-state index contributed by atoms with van der Waals surface area (Å²) >= 11 is 0. The average molecular weight is 367 g/mol. The van der Waals surface area contributed by atoms with Gasteiger partial charge in [-0.25, -0.2) is 8.78 Å². The summed E-state index contributed by atoms with van der Waals surface area (Å²) in [5.41, 5.74) is -0.924. The molecule has 26 heavy (non-hydrogen) atoms. The van der Waals surface area contributed by atoms with Crippen LogP contribution in [0, 0.1) is 11.6 Å². The molecule has 0 radical (unpaired) electrons. The third kappa shape index (κ3) is 4.02. The van der Waals surface area contributed by atoms with Crippen LogP contribution in [0.4, 0.5) is 45.1 Å². The minimum atomic E-state index is -4.54. The Hall–Kier alpha value is -3.30. The molecule has 0 unspecified atom stereocenters. The maximum Gasteiger partial charge on any atom is 0.418 e. The van der Waals surface area contributed by atoms with E-state index >= 15 is 0 Å². The van der Waals surface area contributed by atoms with Crippen molar-refractivity contribution in [2.45, 2.75) is 6.18 Å². The van der Waals surface area contributed by atoms with Gasteiger partial charge in [0.25, 0.3) is 0 Å². The molecule has 0 spiro atoms. The van der Waals surface area contributed by atoms with Crippen LogP contribution in [0.15, 0.2) is 48.7 Å². The van der Waals surface area contributed by atoms with Gasteiger partial charge in [0.15, 0.2) is 17.5 Å². The fourth-order valence-corrected chi connectivity index (χ4v) is 2.10. The van der Waals surface area contributed by atoms with E-state index in [4.69, 9.17) is 0 Å². The summed E-state index contributed by atoms with van der Waals surface area (Å²) in [6.07, 6.45) is -3.42. The molecule has 3 rings (SSSR count). The number of nitrogens with zero attached hydrogens (tertiary/aromatic N) is 3. The van der Waals surface area contributed by atoms with Crippen LogP contribution in [0.2, 0.25) is 0 Å². The molecule has 2 N–H and O–H groups in total. The molecule has 0 atom stereocenters. The van der Waals surface area contributed by atoms with Gasteiger partial charge in [-0.1, -0.05) is 12.1 Å². The molecule has 134 valence electrons. The topological polar surface area (TPSA) is 62.7 Å². The lowest BCUT2D eigenvalue weighted by Gasteiger charge is -2.14. The first-order chi connectivity index (χ1) is 12.3. The summed E-state index contributed by atoms with van der Waals surface area (Å²) in [5.74, 6) is -2.21. The Labute approximate surface area is 143 Å². The Kier molecular flexibility index (Phi) is 4.65. The molecular weight excluding hydrogens is 357 g/mol. The molecule has 0 bridgehead atoms. The number of hydrogen-bond donors (Lipinski definition) is 2. The molecule has 0 aliphatic rings. The molecule has 0 fully saturated rings. The van der Waals surface area contributed by atoms with Crippen LogP contribution in [-0.2, 0) is 6.18 Å². The Morgan fingerprint density at radius 2 is 1.65 bits per heavy atom. The van der Waals surface area contributed by atoms with Gasteiger partial charge in [0.05, 0.1) is 17.4 Å². The summed E-state index contributed by atoms with van der Waals surface area (Å²) in [6, 6.07) is 7.92. The number of rotatable bonds is 4. The predicted molar refractivity (Wildman–Crippen MR) is 84.2 cm³/mol. The molecule has 0 saturated carbocycles. The maximum atomic E-state index is 13.2. The summed E-state index contributed by atoms with van der Waals surface area (Å²) < 4.78 is 65.2. The number of nitrogens with one attached hydrogen (secondary N) is 2. The third-order valence-electron chi connectivity index (χ3n) is 3.23. The number of anilines is 4. The van der Waals surface area contributed by atoms with Crippen molar-refractivity contribution >= 4 is 23.1 Å². The second-order valence-corrected chi connectivity index (χ2v) is 5.09. The summed E-state index contributed by atoms with van der Waals surface area (Å²) in [4.78, 5) is 3.96. The maximum absolute atomic E-state index is 13.2. The minimum Gasteiger partial charge on any atom is -0.338 e. The number of hydrogen-bond acceptors (Lipinski definition) is 5. The Morgan fingerprint density at radius 3 is 2.38 bits per heavy atom. The van der Waals surface area contributed by atoms with Gasteiger partial charge in [-0.3, -0.25) is 0 Å². The third-order valence-corrected chi connectivity index (χ3v) is 3.23. The predicted octanol–water partition coefficient (Wildman–Crippen LogP) is 4.66. The van der Waals surface area contributed by atoms with Crippen molar-refractivity contribution in [3.05, 3.63) is 65.9 Å². The monoisotopic (exact) mass is 367 g/mol. The van der Waals surface area contributed by atoms with Crippen molar-refractivity contribution in [1.82, 2.24) is 15.2 Å². The first kappa shape index (κ1) is 17.5. The van der Waals surface area contributed by atoms with E-state index in [-0.39, 0.29) is 23.1 Å². The highest BCUT2D eigenvalue weighted by molar-refractivity contribution is 5.62. The number of benzene rings is 2. The van der Waals surface area contributed by atoms with Crippen molar-refractivity contribution in [1.29, 1.82) is 0 Å². The molecule has 5 nitrogen and oxygen atoms in total. The van der Waals surface area contributed by atoms with Crippen LogP contribution < -0.4 is 10.6 Å². The number of para-hydroxylation sites is 1. The Balaban J connectivity index is 1.83. The summed E-state index contributed by atoms with van der Waals surface area (Å²) in [5, 5.41) is 12.4. The van der Waals surface area contributed by atoms with E-state index in [2.05, 4.69) is 25.8 Å². The van der Waals surface area contributed by atoms with E-state index in [9.17, 15) is 22.0 Å². The van der Waals surface area contributed by atoms with Crippen molar-refractivity contribution in [2.24, 2.45) is 0 Å². The molecule has 1 heterocycles. The number of alkyl halides is 3. The number of halogens is 5. The number of aromatic nitrogens is 3. The van der Waals surface area contributed by atoms with Gasteiger partial charge in [0.1, 0.15) is 0 Å². The fraction of sp³-hybridized carbons (Fsp3) is 0.0625. The van der Waals surface area contributed by atoms with Gasteiger partial charge >= 0.3 is 6.18 Å². The highest BCUT2D eigenvalue weighted by atomic mass is 19.4. The van der Waals surface area contributed by atoms with Crippen molar-refractivity contribution in [3.63, 3.8) is 0 Å². The molecular formula is C16H10F5N5. The van der Waals surface area contributed by atoms with Gasteiger partial charge in [0.2, 0.25) is 5.95 Å². The molecule has 1 aromatic heterocycles. The first-order valence-corrected chi connectivity index (χ1v) is 7.18. The first-order valence-electron chi connectivity index (χ1n) is 7.18. The Morgan fingerprint density at radius 1 is 0.885 bits per heavy atom. The molecule has 0 aliphatic heterocycles. The summed E-state index contributed by atoms with van der Waals surface area (Å²) in [6.45, 7) is 0. The molecule has 0 aliphatic carbocycles. The van der Waals surface area contributed by atoms with Crippen molar-refractivity contribution < 1.29 is 22.0 Å². The molecule has 3 aromatic rings. The van der Waals surface area contributed by atoms with Crippen LogP contribution in [-0.4, -0.2) is 15.2 Å². The van der Waals surface area contributed by atoms with E-state index in [1.165, 1.54) is 24.3 Å². The lowest BCUT2D eigenvalue weighted by molar-refractivity contribution is -0.136. The smallest absolute Gasteiger partial charge is 0.338 e. The largest absolute Gasteiger partial charge is 0.418 e. The van der Waals surface area contributed by atoms with Gasteiger partial charge in [-0.2, -0.15) is 23.3 Å². The molecule has 2 aromatic carbocycles. The van der Waals surface area contributed by atoms with E-state index in [0.717, 1.165) is 24.4 Å². The van der Waals surface area contributed by atoms with Crippen molar-refractivity contribution in [2.75, 3.05) is 10.6 Å². The molecule has 0 amide bonds. The standard InChI is InChI=1S/C16H10F5N5/c17-11-6-5-9(7-12(11)18)23-15-25-14(8-22-26-15)24-13-4-2-1-3-10(13)16(19,20)21/h1-8H,(H2,23,24,25,26). The average Bonchev–Trinajstić information content (AvgIpc) is 2.58. The lowest BCUT2D eigenvalue weighted by Crippen LogP contribution is -2.09. The van der Waals surface area contributed by atoms with E-state index < -0.39 is 23.4 Å². The zero-order valence-electron chi connectivity index (χ0n) is 12.9. The van der Waals surface area contributed by atoms with Gasteiger partial charge in [-0.15, -0.1) is 5.10 Å². The minimum absolute atomic E-state index is 0.0122. The quantitative estimate of drug-likeness (QED) is 0.657. The lowest BCUT2D eigenvalue weighted by atomic mass is 10.1. The molecule has 10 heteroatoms.